The van der Waals surface area contributed by atoms with Gasteiger partial charge in [-0.1, -0.05) is 23.7 Å². The van der Waals surface area contributed by atoms with E-state index in [1.807, 2.05) is 18.2 Å². The number of hydrogen-bond acceptors (Lipinski definition) is 4. The number of piperazine rings is 1. The Kier molecular flexibility index (Phi) is 4.78. The van der Waals surface area contributed by atoms with Gasteiger partial charge in [-0.2, -0.15) is 0 Å². The lowest BCUT2D eigenvalue weighted by molar-refractivity contribution is -0.131. The first-order chi connectivity index (χ1) is 10.2. The molecule has 0 spiro atoms. The Morgan fingerprint density at radius 1 is 1.19 bits per heavy atom. The van der Waals surface area contributed by atoms with Gasteiger partial charge in [-0.3, -0.25) is 9.69 Å². The highest BCUT2D eigenvalue weighted by Gasteiger charge is 2.27. The molecule has 2 aliphatic rings. The highest BCUT2D eigenvalue weighted by atomic mass is 35.5. The number of Topliss-reactive ketones (excluding diaryl/α,β-unsaturated/α-hetero) is 1. The first-order valence-electron chi connectivity index (χ1n) is 7.56. The summed E-state index contributed by atoms with van der Waals surface area (Å²) >= 11 is 6.25. The second kappa shape index (κ2) is 6.77. The number of carbonyl (C=O) groups excluding carboxylic acids is 1. The molecule has 5 heteroatoms. The monoisotopic (exact) mass is 308 g/mol. The number of para-hydroxylation sites is 1. The minimum absolute atomic E-state index is 0.0608. The summed E-state index contributed by atoms with van der Waals surface area (Å²) in [6.45, 7) is 5.84. The van der Waals surface area contributed by atoms with Gasteiger partial charge < -0.3 is 9.64 Å². The Hall–Kier alpha value is -1.10. The van der Waals surface area contributed by atoms with Crippen molar-refractivity contribution in [3.05, 3.63) is 29.3 Å². The van der Waals surface area contributed by atoms with E-state index in [4.69, 9.17) is 16.3 Å². The van der Waals surface area contributed by atoms with Crippen LogP contribution >= 0.6 is 11.6 Å². The van der Waals surface area contributed by atoms with E-state index >= 15 is 0 Å². The van der Waals surface area contributed by atoms with Crippen LogP contribution in [0.25, 0.3) is 0 Å². The van der Waals surface area contributed by atoms with Crippen LogP contribution in [0, 0.1) is 5.92 Å². The van der Waals surface area contributed by atoms with Gasteiger partial charge in [-0.05, 0) is 12.1 Å². The average Bonchev–Trinajstić information content (AvgIpc) is 2.51. The molecule has 0 aliphatic carbocycles. The Morgan fingerprint density at radius 2 is 1.95 bits per heavy atom. The van der Waals surface area contributed by atoms with Crippen LogP contribution in [0.3, 0.4) is 0 Å². The zero-order chi connectivity index (χ0) is 14.7. The normalized spacial score (nSPS) is 24.3. The van der Waals surface area contributed by atoms with Crippen molar-refractivity contribution in [1.82, 2.24) is 4.90 Å². The highest BCUT2D eigenvalue weighted by molar-refractivity contribution is 6.33. The predicted molar refractivity (Wildman–Crippen MR) is 84.0 cm³/mol. The summed E-state index contributed by atoms with van der Waals surface area (Å²) in [5.41, 5.74) is 1.11. The van der Waals surface area contributed by atoms with Crippen molar-refractivity contribution in [2.24, 2.45) is 5.92 Å². The number of nitrogens with zero attached hydrogens (tertiary/aromatic N) is 2. The minimum atomic E-state index is 0.0608. The van der Waals surface area contributed by atoms with E-state index in [0.717, 1.165) is 43.4 Å². The summed E-state index contributed by atoms with van der Waals surface area (Å²) < 4.78 is 5.42. The van der Waals surface area contributed by atoms with Crippen LogP contribution < -0.4 is 4.90 Å². The highest BCUT2D eigenvalue weighted by Crippen LogP contribution is 2.26. The summed E-state index contributed by atoms with van der Waals surface area (Å²) in [4.78, 5) is 16.5. The fraction of sp³-hybridized carbons (Fsp3) is 0.562. The van der Waals surface area contributed by atoms with E-state index in [0.29, 0.717) is 25.4 Å². The topological polar surface area (TPSA) is 32.8 Å². The summed E-state index contributed by atoms with van der Waals surface area (Å²) in [6, 6.07) is 7.97. The zero-order valence-corrected chi connectivity index (χ0v) is 12.9. The molecule has 2 saturated heterocycles. The molecule has 0 bridgehead atoms. The van der Waals surface area contributed by atoms with Crippen LogP contribution in [0.15, 0.2) is 24.3 Å². The molecule has 1 aromatic carbocycles. The van der Waals surface area contributed by atoms with E-state index in [2.05, 4.69) is 15.9 Å². The summed E-state index contributed by atoms with van der Waals surface area (Å²) in [7, 11) is 0. The van der Waals surface area contributed by atoms with Gasteiger partial charge in [-0.25, -0.2) is 0 Å². The molecule has 1 aromatic rings. The molecule has 1 unspecified atom stereocenters. The maximum atomic E-state index is 11.9. The van der Waals surface area contributed by atoms with Gasteiger partial charge >= 0.3 is 0 Å². The van der Waals surface area contributed by atoms with Crippen molar-refractivity contribution >= 4 is 23.1 Å². The molecule has 2 heterocycles. The van der Waals surface area contributed by atoms with Crippen molar-refractivity contribution in [1.29, 1.82) is 0 Å². The molecule has 21 heavy (non-hydrogen) atoms. The number of hydrogen-bond donors (Lipinski definition) is 0. The van der Waals surface area contributed by atoms with Crippen LogP contribution in [0.5, 0.6) is 0 Å². The van der Waals surface area contributed by atoms with Gasteiger partial charge in [-0.15, -0.1) is 0 Å². The van der Waals surface area contributed by atoms with Gasteiger partial charge in [0.15, 0.2) is 0 Å². The molecular formula is C16H21ClN2O2. The van der Waals surface area contributed by atoms with Gasteiger partial charge in [0.1, 0.15) is 5.78 Å². The van der Waals surface area contributed by atoms with Crippen LogP contribution in [-0.2, 0) is 9.53 Å². The maximum absolute atomic E-state index is 11.9. The second-order valence-corrected chi connectivity index (χ2v) is 6.13. The van der Waals surface area contributed by atoms with Gasteiger partial charge in [0, 0.05) is 39.1 Å². The van der Waals surface area contributed by atoms with Crippen LogP contribution in [-0.4, -0.2) is 56.6 Å². The number of anilines is 1. The minimum Gasteiger partial charge on any atom is -0.380 e. The molecule has 4 nitrogen and oxygen atoms in total. The van der Waals surface area contributed by atoms with E-state index in [1.165, 1.54) is 0 Å². The number of carbonyl (C=O) groups is 1. The quantitative estimate of drug-likeness (QED) is 0.856. The van der Waals surface area contributed by atoms with Crippen molar-refractivity contribution in [2.75, 3.05) is 50.8 Å². The molecule has 0 radical (unpaired) electrons. The van der Waals surface area contributed by atoms with Crippen molar-refractivity contribution < 1.29 is 9.53 Å². The fourth-order valence-electron chi connectivity index (χ4n) is 3.04. The van der Waals surface area contributed by atoms with Crippen LogP contribution in [0.4, 0.5) is 5.69 Å². The lowest BCUT2D eigenvalue weighted by Crippen LogP contribution is -2.49. The van der Waals surface area contributed by atoms with E-state index in [1.54, 1.807) is 0 Å². The SMILES string of the molecule is O=C1CCOCC1CN1CCN(c2ccccc2Cl)CC1. The van der Waals surface area contributed by atoms with Crippen LogP contribution in [0.2, 0.25) is 5.02 Å². The van der Waals surface area contributed by atoms with Crippen molar-refractivity contribution in [2.45, 2.75) is 6.42 Å². The summed E-state index contributed by atoms with van der Waals surface area (Å²) in [6.07, 6.45) is 0.574. The standard InChI is InChI=1S/C16H21ClN2O2/c17-14-3-1-2-4-15(14)19-8-6-18(7-9-19)11-13-12-21-10-5-16(13)20/h1-4,13H,5-12H2. The third-order valence-corrected chi connectivity index (χ3v) is 4.63. The molecule has 1 atom stereocenters. The molecule has 2 aliphatic heterocycles. The van der Waals surface area contributed by atoms with Gasteiger partial charge in [0.2, 0.25) is 0 Å². The molecular weight excluding hydrogens is 288 g/mol. The number of ketones is 1. The van der Waals surface area contributed by atoms with Crippen molar-refractivity contribution in [3.8, 4) is 0 Å². The lowest BCUT2D eigenvalue weighted by Gasteiger charge is -2.38. The molecule has 0 saturated carbocycles. The third kappa shape index (κ3) is 3.57. The predicted octanol–water partition coefficient (Wildman–Crippen LogP) is 2.07. The van der Waals surface area contributed by atoms with Crippen molar-refractivity contribution in [3.63, 3.8) is 0 Å². The zero-order valence-electron chi connectivity index (χ0n) is 12.1. The summed E-state index contributed by atoms with van der Waals surface area (Å²) in [5.74, 6) is 0.417. The molecule has 0 N–H and O–H groups in total. The lowest BCUT2D eigenvalue weighted by atomic mass is 9.99. The fourth-order valence-corrected chi connectivity index (χ4v) is 3.30. The molecule has 114 valence electrons. The second-order valence-electron chi connectivity index (χ2n) is 5.73. The van der Waals surface area contributed by atoms with Gasteiger partial charge in [0.05, 0.1) is 29.8 Å². The van der Waals surface area contributed by atoms with Crippen LogP contribution in [0.1, 0.15) is 6.42 Å². The smallest absolute Gasteiger partial charge is 0.141 e. The van der Waals surface area contributed by atoms with E-state index < -0.39 is 0 Å². The molecule has 0 aromatic heterocycles. The summed E-state index contributed by atoms with van der Waals surface area (Å²) in [5, 5.41) is 0.807. The van der Waals surface area contributed by atoms with Gasteiger partial charge in [0.25, 0.3) is 0 Å². The number of ether oxygens (including phenoxy) is 1. The number of rotatable bonds is 3. The first-order valence-corrected chi connectivity index (χ1v) is 7.94. The molecule has 0 amide bonds. The Labute approximate surface area is 130 Å². The molecule has 2 fully saturated rings. The number of halogens is 1. The average molecular weight is 309 g/mol. The first kappa shape index (κ1) is 14.8. The third-order valence-electron chi connectivity index (χ3n) is 4.31. The van der Waals surface area contributed by atoms with E-state index in [-0.39, 0.29) is 5.92 Å². The molecule has 3 rings (SSSR count). The Bertz CT molecular complexity index is 501. The number of benzene rings is 1. The Balaban J connectivity index is 1.53. The largest absolute Gasteiger partial charge is 0.380 e. The maximum Gasteiger partial charge on any atom is 0.141 e. The van der Waals surface area contributed by atoms with E-state index in [9.17, 15) is 4.79 Å². The Morgan fingerprint density at radius 3 is 2.67 bits per heavy atom.